The molecule has 124 valence electrons. The maximum atomic E-state index is 12.6. The van der Waals surface area contributed by atoms with Crippen LogP contribution >= 0.6 is 0 Å². The third-order valence-corrected chi connectivity index (χ3v) is 4.10. The Hall–Kier alpha value is -2.08. The van der Waals surface area contributed by atoms with E-state index in [9.17, 15) is 9.59 Å². The largest absolute Gasteiger partial charge is 0.423 e. The molecular formula is C17H22N2O4. The van der Waals surface area contributed by atoms with E-state index < -0.39 is 0 Å². The molecule has 0 bridgehead atoms. The molecule has 0 aliphatic carbocycles. The average Bonchev–Trinajstić information content (AvgIpc) is 2.45. The first-order valence-corrected chi connectivity index (χ1v) is 7.92. The van der Waals surface area contributed by atoms with Gasteiger partial charge in [0.2, 0.25) is 5.91 Å². The number of amides is 1. The summed E-state index contributed by atoms with van der Waals surface area (Å²) >= 11 is 0. The zero-order valence-corrected chi connectivity index (χ0v) is 13.7. The number of hydrogen-bond acceptors (Lipinski definition) is 5. The Labute approximate surface area is 136 Å². The number of aryl methyl sites for hydroxylation is 1. The molecule has 0 radical (unpaired) electrons. The van der Waals surface area contributed by atoms with E-state index in [0.29, 0.717) is 18.8 Å². The first-order valence-electron chi connectivity index (χ1n) is 7.92. The second kappa shape index (κ2) is 6.20. The standard InChI is InChI=1S/C17H22N2O4/c1-11-4-5-14-15(6-11)23-17(21)10-18(14)9-16(20)19-7-12(2)22-13(3)8-19/h4-6,12-13H,7-10H2,1-3H3. The molecule has 6 nitrogen and oxygen atoms in total. The number of fused-ring (bicyclic) bond motifs is 1. The first-order chi connectivity index (χ1) is 10.9. The average molecular weight is 318 g/mol. The molecule has 0 aromatic heterocycles. The maximum absolute atomic E-state index is 12.6. The monoisotopic (exact) mass is 318 g/mol. The summed E-state index contributed by atoms with van der Waals surface area (Å²) in [6.07, 6.45) is 0.0629. The Morgan fingerprint density at radius 1 is 1.26 bits per heavy atom. The van der Waals surface area contributed by atoms with E-state index in [1.807, 2.05) is 43.9 Å². The van der Waals surface area contributed by atoms with E-state index in [4.69, 9.17) is 9.47 Å². The molecule has 0 spiro atoms. The highest BCUT2D eigenvalue weighted by Gasteiger charge is 2.30. The summed E-state index contributed by atoms with van der Waals surface area (Å²) < 4.78 is 10.9. The predicted molar refractivity (Wildman–Crippen MR) is 85.6 cm³/mol. The SMILES string of the molecule is Cc1ccc2c(c1)OC(=O)CN2CC(=O)N1CC(C)OC(C)C1. The quantitative estimate of drug-likeness (QED) is 0.609. The fraction of sp³-hybridized carbons (Fsp3) is 0.529. The van der Waals surface area contributed by atoms with Gasteiger partial charge >= 0.3 is 5.97 Å². The number of carbonyl (C=O) groups is 2. The lowest BCUT2D eigenvalue weighted by Gasteiger charge is -2.37. The van der Waals surface area contributed by atoms with Crippen LogP contribution in [0.2, 0.25) is 0 Å². The molecule has 2 atom stereocenters. The molecule has 1 fully saturated rings. The van der Waals surface area contributed by atoms with Crippen molar-refractivity contribution in [3.05, 3.63) is 23.8 Å². The van der Waals surface area contributed by atoms with Gasteiger partial charge in [-0.15, -0.1) is 0 Å². The van der Waals surface area contributed by atoms with Crippen LogP contribution in [0.1, 0.15) is 19.4 Å². The molecule has 23 heavy (non-hydrogen) atoms. The fourth-order valence-corrected chi connectivity index (χ4v) is 3.15. The second-order valence-corrected chi connectivity index (χ2v) is 6.36. The summed E-state index contributed by atoms with van der Waals surface area (Å²) in [5.74, 6) is 0.200. The number of morpholine rings is 1. The topological polar surface area (TPSA) is 59.1 Å². The van der Waals surface area contributed by atoms with E-state index in [1.165, 1.54) is 0 Å². The van der Waals surface area contributed by atoms with Crippen molar-refractivity contribution in [2.45, 2.75) is 33.0 Å². The van der Waals surface area contributed by atoms with Gasteiger partial charge in [-0.1, -0.05) is 6.07 Å². The first kappa shape index (κ1) is 15.8. The van der Waals surface area contributed by atoms with Crippen molar-refractivity contribution in [1.82, 2.24) is 4.90 Å². The van der Waals surface area contributed by atoms with Gasteiger partial charge in [-0.25, -0.2) is 4.79 Å². The van der Waals surface area contributed by atoms with Crippen LogP contribution in [-0.4, -0.2) is 55.2 Å². The van der Waals surface area contributed by atoms with Crippen LogP contribution in [0.15, 0.2) is 18.2 Å². The Morgan fingerprint density at radius 2 is 1.96 bits per heavy atom. The third kappa shape index (κ3) is 3.47. The van der Waals surface area contributed by atoms with Gasteiger partial charge in [0.1, 0.15) is 6.54 Å². The van der Waals surface area contributed by atoms with Crippen molar-refractivity contribution in [2.75, 3.05) is 31.1 Å². The highest BCUT2D eigenvalue weighted by Crippen LogP contribution is 2.32. The lowest BCUT2D eigenvalue weighted by molar-refractivity contribution is -0.141. The van der Waals surface area contributed by atoms with Gasteiger partial charge < -0.3 is 19.3 Å². The normalized spacial score (nSPS) is 24.2. The number of ether oxygens (including phenoxy) is 2. The van der Waals surface area contributed by atoms with E-state index in [-0.39, 0.29) is 37.2 Å². The molecule has 6 heteroatoms. The highest BCUT2D eigenvalue weighted by atomic mass is 16.5. The van der Waals surface area contributed by atoms with E-state index in [1.54, 1.807) is 4.90 Å². The van der Waals surface area contributed by atoms with Crippen LogP contribution in [0.25, 0.3) is 0 Å². The second-order valence-electron chi connectivity index (χ2n) is 6.36. The molecule has 2 heterocycles. The highest BCUT2D eigenvalue weighted by molar-refractivity contribution is 5.89. The smallest absolute Gasteiger partial charge is 0.331 e. The van der Waals surface area contributed by atoms with Crippen LogP contribution < -0.4 is 9.64 Å². The molecule has 1 saturated heterocycles. The van der Waals surface area contributed by atoms with E-state index in [0.717, 1.165) is 11.3 Å². The maximum Gasteiger partial charge on any atom is 0.331 e. The van der Waals surface area contributed by atoms with Crippen LogP contribution in [0.3, 0.4) is 0 Å². The van der Waals surface area contributed by atoms with Gasteiger partial charge in [0.05, 0.1) is 24.4 Å². The molecule has 1 amide bonds. The Kier molecular flexibility index (Phi) is 4.26. The van der Waals surface area contributed by atoms with Crippen LogP contribution in [0, 0.1) is 6.92 Å². The van der Waals surface area contributed by atoms with Crippen molar-refractivity contribution in [3.63, 3.8) is 0 Å². The minimum Gasteiger partial charge on any atom is -0.423 e. The lowest BCUT2D eigenvalue weighted by Crippen LogP contribution is -2.52. The number of nitrogens with zero attached hydrogens (tertiary/aromatic N) is 2. The van der Waals surface area contributed by atoms with E-state index >= 15 is 0 Å². The van der Waals surface area contributed by atoms with Crippen molar-refractivity contribution in [2.24, 2.45) is 0 Å². The van der Waals surface area contributed by atoms with Gasteiger partial charge in [-0.3, -0.25) is 4.79 Å². The lowest BCUT2D eigenvalue weighted by atomic mass is 10.1. The summed E-state index contributed by atoms with van der Waals surface area (Å²) in [5.41, 5.74) is 1.80. The summed E-state index contributed by atoms with van der Waals surface area (Å²) in [4.78, 5) is 28.0. The van der Waals surface area contributed by atoms with Crippen LogP contribution in [-0.2, 0) is 14.3 Å². The molecule has 2 unspecified atom stereocenters. The van der Waals surface area contributed by atoms with Crippen molar-refractivity contribution in [3.8, 4) is 5.75 Å². The van der Waals surface area contributed by atoms with Gasteiger partial charge in [-0.2, -0.15) is 0 Å². The molecule has 2 aliphatic heterocycles. The molecule has 2 aliphatic rings. The van der Waals surface area contributed by atoms with Crippen molar-refractivity contribution in [1.29, 1.82) is 0 Å². The third-order valence-electron chi connectivity index (χ3n) is 4.10. The van der Waals surface area contributed by atoms with Crippen LogP contribution in [0.4, 0.5) is 5.69 Å². The molecular weight excluding hydrogens is 296 g/mol. The van der Waals surface area contributed by atoms with E-state index in [2.05, 4.69) is 0 Å². The minimum atomic E-state index is -0.334. The molecule has 0 N–H and O–H groups in total. The van der Waals surface area contributed by atoms with Gasteiger partial charge in [0.15, 0.2) is 5.75 Å². The number of carbonyl (C=O) groups excluding carboxylic acids is 2. The van der Waals surface area contributed by atoms with Crippen molar-refractivity contribution >= 4 is 17.6 Å². The summed E-state index contributed by atoms with van der Waals surface area (Å²) in [7, 11) is 0. The molecule has 3 rings (SSSR count). The van der Waals surface area contributed by atoms with Gasteiger partial charge in [0, 0.05) is 13.1 Å². The van der Waals surface area contributed by atoms with Crippen LogP contribution in [0.5, 0.6) is 5.75 Å². The molecule has 0 saturated carbocycles. The number of hydrogen-bond donors (Lipinski definition) is 0. The van der Waals surface area contributed by atoms with Gasteiger partial charge in [-0.05, 0) is 38.5 Å². The molecule has 1 aromatic rings. The Morgan fingerprint density at radius 3 is 2.65 bits per heavy atom. The summed E-state index contributed by atoms with van der Waals surface area (Å²) in [6, 6.07) is 5.67. The van der Waals surface area contributed by atoms with Gasteiger partial charge in [0.25, 0.3) is 0 Å². The number of esters is 1. The fourth-order valence-electron chi connectivity index (χ4n) is 3.15. The number of anilines is 1. The summed E-state index contributed by atoms with van der Waals surface area (Å²) in [6.45, 7) is 7.31. The Bertz CT molecular complexity index is 621. The number of rotatable bonds is 2. The zero-order chi connectivity index (χ0) is 16.6. The minimum absolute atomic E-state index is 0.00762. The van der Waals surface area contributed by atoms with Crippen molar-refractivity contribution < 1.29 is 19.1 Å². The predicted octanol–water partition coefficient (Wildman–Crippen LogP) is 1.36. The summed E-state index contributed by atoms with van der Waals surface area (Å²) in [5, 5.41) is 0. The Balaban J connectivity index is 1.75. The zero-order valence-electron chi connectivity index (χ0n) is 13.7. The number of benzene rings is 1. The molecule has 1 aromatic carbocycles.